The van der Waals surface area contributed by atoms with E-state index in [1.54, 1.807) is 52.0 Å². The number of carbonyl (C=O) groups is 4. The number of nitrogens with zero attached hydrogens (tertiary/aromatic N) is 1. The quantitative estimate of drug-likeness (QED) is 0.723. The van der Waals surface area contributed by atoms with Crippen LogP contribution < -0.4 is 5.32 Å². The number of nitrogens with one attached hydrogen (secondary N) is 1. The lowest BCUT2D eigenvalue weighted by atomic mass is 9.89. The maximum absolute atomic E-state index is 12.7. The Balaban J connectivity index is 2.15. The van der Waals surface area contributed by atoms with Crippen LogP contribution in [0.4, 0.5) is 0 Å². The molecule has 3 amide bonds. The van der Waals surface area contributed by atoms with Crippen LogP contribution in [0.1, 0.15) is 54.8 Å². The van der Waals surface area contributed by atoms with Crippen molar-refractivity contribution < 1.29 is 24.3 Å². The number of fused-ring (bicyclic) bond motifs is 1. The Morgan fingerprint density at radius 1 is 1.12 bits per heavy atom. The molecule has 1 aliphatic rings. The largest absolute Gasteiger partial charge is 0.481 e. The third-order valence-electron chi connectivity index (χ3n) is 4.63. The first-order chi connectivity index (χ1) is 12.1. The van der Waals surface area contributed by atoms with E-state index in [2.05, 4.69) is 5.32 Å². The van der Waals surface area contributed by atoms with Gasteiger partial charge in [0.05, 0.1) is 16.5 Å². The monoisotopic (exact) mass is 360 g/mol. The van der Waals surface area contributed by atoms with Crippen LogP contribution in [0.15, 0.2) is 24.3 Å². The molecule has 0 radical (unpaired) electrons. The van der Waals surface area contributed by atoms with Crippen LogP contribution in [0, 0.1) is 11.3 Å². The first-order valence-electron chi connectivity index (χ1n) is 8.56. The number of imide groups is 1. The lowest BCUT2D eigenvalue weighted by molar-refractivity contribution is -0.147. The van der Waals surface area contributed by atoms with Crippen LogP contribution in [-0.4, -0.2) is 46.3 Å². The van der Waals surface area contributed by atoms with Gasteiger partial charge in [0.15, 0.2) is 0 Å². The van der Waals surface area contributed by atoms with E-state index < -0.39 is 35.1 Å². The molecule has 0 fully saturated rings. The third-order valence-corrected chi connectivity index (χ3v) is 4.63. The van der Waals surface area contributed by atoms with Gasteiger partial charge in [0.1, 0.15) is 6.04 Å². The maximum atomic E-state index is 12.7. The highest BCUT2D eigenvalue weighted by Gasteiger charge is 2.43. The van der Waals surface area contributed by atoms with E-state index >= 15 is 0 Å². The van der Waals surface area contributed by atoms with Crippen molar-refractivity contribution in [1.29, 1.82) is 0 Å². The molecule has 0 aliphatic carbocycles. The molecule has 2 N–H and O–H groups in total. The number of carboxylic acid groups (broad SMARTS) is 1. The molecule has 0 spiro atoms. The summed E-state index contributed by atoms with van der Waals surface area (Å²) in [5.41, 5.74) is -0.387. The molecule has 1 unspecified atom stereocenters. The number of carboxylic acids is 1. The molecule has 0 saturated carbocycles. The Morgan fingerprint density at radius 2 is 1.62 bits per heavy atom. The van der Waals surface area contributed by atoms with Crippen molar-refractivity contribution in [2.75, 3.05) is 6.54 Å². The van der Waals surface area contributed by atoms with Crippen LogP contribution in [-0.2, 0) is 9.59 Å². The topological polar surface area (TPSA) is 104 Å². The van der Waals surface area contributed by atoms with Crippen LogP contribution in [0.25, 0.3) is 0 Å². The molecule has 0 aromatic heterocycles. The number of aliphatic carboxylic acids is 1. The average molecular weight is 360 g/mol. The minimum absolute atomic E-state index is 0.143. The zero-order valence-corrected chi connectivity index (χ0v) is 15.4. The van der Waals surface area contributed by atoms with E-state index in [1.165, 1.54) is 0 Å². The maximum Gasteiger partial charge on any atom is 0.309 e. The van der Waals surface area contributed by atoms with E-state index in [9.17, 15) is 19.2 Å². The van der Waals surface area contributed by atoms with E-state index in [4.69, 9.17) is 5.11 Å². The van der Waals surface area contributed by atoms with Gasteiger partial charge >= 0.3 is 5.97 Å². The molecule has 2 rings (SSSR count). The molecule has 1 aliphatic heterocycles. The van der Waals surface area contributed by atoms with E-state index in [-0.39, 0.29) is 18.9 Å². The van der Waals surface area contributed by atoms with Gasteiger partial charge in [-0.3, -0.25) is 24.1 Å². The van der Waals surface area contributed by atoms with Gasteiger partial charge in [-0.1, -0.05) is 26.0 Å². The van der Waals surface area contributed by atoms with Crippen molar-refractivity contribution >= 4 is 23.7 Å². The lowest BCUT2D eigenvalue weighted by Gasteiger charge is -2.29. The summed E-state index contributed by atoms with van der Waals surface area (Å²) in [6.07, 6.45) is 0.237. The van der Waals surface area contributed by atoms with Crippen LogP contribution in [0.3, 0.4) is 0 Å². The smallest absolute Gasteiger partial charge is 0.309 e. The Labute approximate surface area is 152 Å². The van der Waals surface area contributed by atoms with Crippen molar-refractivity contribution in [3.8, 4) is 0 Å². The molecule has 1 atom stereocenters. The van der Waals surface area contributed by atoms with Crippen molar-refractivity contribution in [3.05, 3.63) is 35.4 Å². The minimum atomic E-state index is -0.976. The molecule has 1 heterocycles. The molecular formula is C19H24N2O5. The van der Waals surface area contributed by atoms with Gasteiger partial charge in [0, 0.05) is 6.54 Å². The van der Waals surface area contributed by atoms with Crippen LogP contribution >= 0.6 is 0 Å². The minimum Gasteiger partial charge on any atom is -0.481 e. The third kappa shape index (κ3) is 3.61. The summed E-state index contributed by atoms with van der Waals surface area (Å²) in [7, 11) is 0. The Kier molecular flexibility index (Phi) is 5.49. The second-order valence-corrected chi connectivity index (χ2v) is 7.44. The predicted octanol–water partition coefficient (Wildman–Crippen LogP) is 1.92. The highest BCUT2D eigenvalue weighted by Crippen LogP contribution is 2.27. The van der Waals surface area contributed by atoms with Crippen molar-refractivity contribution in [2.24, 2.45) is 11.3 Å². The molecule has 7 nitrogen and oxygen atoms in total. The molecule has 1 aromatic carbocycles. The first kappa shape index (κ1) is 19.6. The summed E-state index contributed by atoms with van der Waals surface area (Å²) in [5, 5.41) is 11.8. The molecule has 0 saturated heterocycles. The predicted molar refractivity (Wildman–Crippen MR) is 94.6 cm³/mol. The molecule has 26 heavy (non-hydrogen) atoms. The van der Waals surface area contributed by atoms with Gasteiger partial charge in [-0.15, -0.1) is 0 Å². The van der Waals surface area contributed by atoms with Gasteiger partial charge in [-0.2, -0.15) is 0 Å². The van der Waals surface area contributed by atoms with Gasteiger partial charge < -0.3 is 10.4 Å². The SMILES string of the molecule is CC(C)C(C(=O)NCCC(C)(C)C(=O)O)N1C(=O)c2ccccc2C1=O. The Bertz CT molecular complexity index is 719. The van der Waals surface area contributed by atoms with E-state index in [0.29, 0.717) is 11.1 Å². The number of benzene rings is 1. The normalized spacial score (nSPS) is 15.2. The number of amides is 3. The molecular weight excluding hydrogens is 336 g/mol. The molecule has 7 heteroatoms. The fourth-order valence-electron chi connectivity index (χ4n) is 2.89. The lowest BCUT2D eigenvalue weighted by Crippen LogP contribution is -2.52. The second kappa shape index (κ2) is 7.27. The van der Waals surface area contributed by atoms with E-state index in [1.807, 2.05) is 0 Å². The molecule has 0 bridgehead atoms. The summed E-state index contributed by atoms with van der Waals surface area (Å²) in [5.74, 6) is -2.66. The fourth-order valence-corrected chi connectivity index (χ4v) is 2.89. The highest BCUT2D eigenvalue weighted by molar-refractivity contribution is 6.22. The fraction of sp³-hybridized carbons (Fsp3) is 0.474. The van der Waals surface area contributed by atoms with Crippen molar-refractivity contribution in [1.82, 2.24) is 10.2 Å². The Hall–Kier alpha value is -2.70. The van der Waals surface area contributed by atoms with E-state index in [0.717, 1.165) is 4.90 Å². The zero-order valence-electron chi connectivity index (χ0n) is 15.4. The summed E-state index contributed by atoms with van der Waals surface area (Å²) in [4.78, 5) is 50.1. The molecule has 1 aromatic rings. The first-order valence-corrected chi connectivity index (χ1v) is 8.56. The number of hydrogen-bond acceptors (Lipinski definition) is 4. The zero-order chi connectivity index (χ0) is 19.6. The summed E-state index contributed by atoms with van der Waals surface area (Å²) >= 11 is 0. The average Bonchev–Trinajstić information content (AvgIpc) is 2.80. The van der Waals surface area contributed by atoms with Crippen molar-refractivity contribution in [3.63, 3.8) is 0 Å². The number of rotatable bonds is 7. The van der Waals surface area contributed by atoms with Gasteiger partial charge in [-0.05, 0) is 38.3 Å². The van der Waals surface area contributed by atoms with Crippen LogP contribution in [0.2, 0.25) is 0 Å². The van der Waals surface area contributed by atoms with Crippen molar-refractivity contribution in [2.45, 2.75) is 40.2 Å². The van der Waals surface area contributed by atoms with Gasteiger partial charge in [0.2, 0.25) is 5.91 Å². The summed E-state index contributed by atoms with van der Waals surface area (Å²) in [6, 6.07) is 5.54. The summed E-state index contributed by atoms with van der Waals surface area (Å²) in [6.45, 7) is 6.81. The summed E-state index contributed by atoms with van der Waals surface area (Å²) < 4.78 is 0. The second-order valence-electron chi connectivity index (χ2n) is 7.44. The van der Waals surface area contributed by atoms with Gasteiger partial charge in [0.25, 0.3) is 11.8 Å². The highest BCUT2D eigenvalue weighted by atomic mass is 16.4. The standard InChI is InChI=1S/C19H24N2O5/c1-11(2)14(15(22)20-10-9-19(3,4)18(25)26)21-16(23)12-7-5-6-8-13(12)17(21)24/h5-8,11,14H,9-10H2,1-4H3,(H,20,22)(H,25,26). The van der Waals surface area contributed by atoms with Crippen LogP contribution in [0.5, 0.6) is 0 Å². The number of carbonyl (C=O) groups excluding carboxylic acids is 3. The Morgan fingerprint density at radius 3 is 2.04 bits per heavy atom. The molecule has 140 valence electrons. The number of hydrogen-bond donors (Lipinski definition) is 2. The van der Waals surface area contributed by atoms with Gasteiger partial charge in [-0.25, -0.2) is 0 Å².